The largest absolute Gasteiger partial charge is 0.467 e. The van der Waals surface area contributed by atoms with Crippen LogP contribution in [0.1, 0.15) is 33.1 Å². The van der Waals surface area contributed by atoms with Crippen LogP contribution >= 0.6 is 0 Å². The van der Waals surface area contributed by atoms with E-state index in [1.54, 1.807) is 0 Å². The molecule has 11 nitrogen and oxygen atoms in total. The molecule has 1 aliphatic heterocycles. The van der Waals surface area contributed by atoms with E-state index in [1.807, 2.05) is 0 Å². The van der Waals surface area contributed by atoms with Crippen molar-refractivity contribution in [3.8, 4) is 0 Å². The molecule has 1 unspecified atom stereocenters. The molecular formula is C15H20O11. The lowest BCUT2D eigenvalue weighted by Crippen LogP contribution is -2.64. The van der Waals surface area contributed by atoms with Crippen molar-refractivity contribution in [3.63, 3.8) is 0 Å². The molecule has 0 aromatic rings. The van der Waals surface area contributed by atoms with E-state index in [9.17, 15) is 24.0 Å². The van der Waals surface area contributed by atoms with Gasteiger partial charge in [0.25, 0.3) is 0 Å². The van der Waals surface area contributed by atoms with Gasteiger partial charge in [0.15, 0.2) is 18.3 Å². The van der Waals surface area contributed by atoms with E-state index in [2.05, 4.69) is 4.74 Å². The van der Waals surface area contributed by atoms with Gasteiger partial charge in [-0.05, 0) is 0 Å². The van der Waals surface area contributed by atoms with E-state index >= 15 is 0 Å². The summed E-state index contributed by atoms with van der Waals surface area (Å²) >= 11 is 0. The molecule has 1 saturated heterocycles. The Hall–Kier alpha value is -2.69. The van der Waals surface area contributed by atoms with E-state index in [0.29, 0.717) is 0 Å². The van der Waals surface area contributed by atoms with Crippen LogP contribution in [0.3, 0.4) is 0 Å². The number of methoxy groups -OCH3 is 1. The molecule has 146 valence electrons. The minimum atomic E-state index is -1.91. The van der Waals surface area contributed by atoms with Crippen LogP contribution in [0, 0.1) is 0 Å². The molecule has 1 heterocycles. The van der Waals surface area contributed by atoms with Gasteiger partial charge in [-0.2, -0.15) is 0 Å². The van der Waals surface area contributed by atoms with Crippen LogP contribution < -0.4 is 0 Å². The third kappa shape index (κ3) is 5.69. The molecule has 1 fully saturated rings. The average molecular weight is 380 g/mol. The maximum atomic E-state index is 12.2. The van der Waals surface area contributed by atoms with E-state index < -0.39 is 88.2 Å². The quantitative estimate of drug-likeness (QED) is 0.439. The third-order valence-electron chi connectivity index (χ3n) is 2.98. The first-order chi connectivity index (χ1) is 14.2. The Balaban J connectivity index is 3.45. The standard InChI is InChI=1S/C15H20O11/c1-6(16)22-10-11(23-7(2)17)13(24-8(3)18)15(25-9(4)19)26-12(10)14(20)21-5/h10-13,15H,1-5H3/t10-,11-,12-,13+,15?/m0/s1/i1D,2D,3D,4D. The van der Waals surface area contributed by atoms with E-state index in [4.69, 9.17) is 29.2 Å². The Morgan fingerprint density at radius 3 is 1.69 bits per heavy atom. The number of carbonyl (C=O) groups excluding carboxylic acids is 5. The zero-order chi connectivity index (χ0) is 22.8. The van der Waals surface area contributed by atoms with Crippen molar-refractivity contribution in [2.24, 2.45) is 0 Å². The molecule has 0 aliphatic carbocycles. The third-order valence-corrected chi connectivity index (χ3v) is 2.98. The summed E-state index contributed by atoms with van der Waals surface area (Å²) in [6, 6.07) is 0. The van der Waals surface area contributed by atoms with Crippen molar-refractivity contribution >= 4 is 29.8 Å². The Bertz CT molecular complexity index is 658. The van der Waals surface area contributed by atoms with Crippen LogP contribution in [0.4, 0.5) is 0 Å². The van der Waals surface area contributed by atoms with Gasteiger partial charge in [0, 0.05) is 33.1 Å². The van der Waals surface area contributed by atoms with Gasteiger partial charge < -0.3 is 28.4 Å². The molecule has 0 spiro atoms. The molecule has 0 aromatic carbocycles. The van der Waals surface area contributed by atoms with E-state index in [-0.39, 0.29) is 0 Å². The number of esters is 5. The molecule has 1 aliphatic rings. The molecule has 5 atom stereocenters. The van der Waals surface area contributed by atoms with E-state index in [0.717, 1.165) is 7.11 Å². The number of hydrogen-bond donors (Lipinski definition) is 0. The molecule has 0 bridgehead atoms. The summed E-state index contributed by atoms with van der Waals surface area (Å²) in [5.41, 5.74) is 0. The fourth-order valence-corrected chi connectivity index (χ4v) is 2.18. The van der Waals surface area contributed by atoms with Gasteiger partial charge in [0.2, 0.25) is 12.4 Å². The van der Waals surface area contributed by atoms with Crippen LogP contribution in [0.5, 0.6) is 0 Å². The molecule has 0 aromatic heterocycles. The Morgan fingerprint density at radius 2 is 1.19 bits per heavy atom. The molecule has 0 N–H and O–H groups in total. The van der Waals surface area contributed by atoms with Crippen molar-refractivity contribution in [3.05, 3.63) is 0 Å². The van der Waals surface area contributed by atoms with Gasteiger partial charge in [0.1, 0.15) is 0 Å². The first kappa shape index (κ1) is 15.6. The molecular weight excluding hydrogens is 356 g/mol. The summed E-state index contributed by atoms with van der Waals surface area (Å²) in [5, 5.41) is 0. The van der Waals surface area contributed by atoms with Crippen molar-refractivity contribution < 1.29 is 57.9 Å². The lowest BCUT2D eigenvalue weighted by molar-refractivity contribution is -0.294. The predicted octanol–water partition coefficient (Wildman–Crippen LogP) is -0.758. The number of ether oxygens (including phenoxy) is 6. The van der Waals surface area contributed by atoms with Crippen molar-refractivity contribution in [2.45, 2.75) is 58.3 Å². The van der Waals surface area contributed by atoms with Gasteiger partial charge in [-0.3, -0.25) is 19.2 Å². The van der Waals surface area contributed by atoms with Crippen LogP contribution in [0.25, 0.3) is 0 Å². The molecule has 0 saturated carbocycles. The number of carbonyl (C=O) groups is 5. The Morgan fingerprint density at radius 1 is 0.731 bits per heavy atom. The maximum Gasteiger partial charge on any atom is 0.339 e. The highest BCUT2D eigenvalue weighted by molar-refractivity contribution is 5.77. The van der Waals surface area contributed by atoms with Gasteiger partial charge >= 0.3 is 29.8 Å². The summed E-state index contributed by atoms with van der Waals surface area (Å²) < 4.78 is 57.8. The first-order valence-electron chi connectivity index (χ1n) is 9.73. The summed E-state index contributed by atoms with van der Waals surface area (Å²) in [5.74, 6) is -5.85. The molecule has 26 heavy (non-hydrogen) atoms. The second-order valence-corrected chi connectivity index (χ2v) is 4.80. The van der Waals surface area contributed by atoms with Crippen LogP contribution in [-0.4, -0.2) is 67.7 Å². The Kier molecular flexibility index (Phi) is 5.46. The molecule has 11 heteroatoms. The van der Waals surface area contributed by atoms with Gasteiger partial charge in [0.05, 0.1) is 7.11 Å². The number of hydrogen-bond acceptors (Lipinski definition) is 11. The van der Waals surface area contributed by atoms with Crippen molar-refractivity contribution in [1.29, 1.82) is 0 Å². The van der Waals surface area contributed by atoms with Crippen molar-refractivity contribution in [1.82, 2.24) is 0 Å². The second-order valence-electron chi connectivity index (χ2n) is 4.80. The molecule has 0 radical (unpaired) electrons. The fourth-order valence-electron chi connectivity index (χ4n) is 2.18. The molecule has 1 rings (SSSR count). The minimum absolute atomic E-state index is 0.879. The Labute approximate surface area is 154 Å². The van der Waals surface area contributed by atoms with E-state index in [1.165, 1.54) is 0 Å². The lowest BCUT2D eigenvalue weighted by Gasteiger charge is -2.42. The first-order valence-corrected chi connectivity index (χ1v) is 6.90. The lowest BCUT2D eigenvalue weighted by atomic mass is 9.97. The smallest absolute Gasteiger partial charge is 0.339 e. The van der Waals surface area contributed by atoms with Gasteiger partial charge in [-0.15, -0.1) is 0 Å². The monoisotopic (exact) mass is 380 g/mol. The summed E-state index contributed by atoms with van der Waals surface area (Å²) in [6.45, 7) is -3.57. The van der Waals surface area contributed by atoms with Crippen molar-refractivity contribution in [2.75, 3.05) is 7.11 Å². The van der Waals surface area contributed by atoms with Crippen LogP contribution in [0.15, 0.2) is 0 Å². The summed E-state index contributed by atoms with van der Waals surface area (Å²) in [7, 11) is 0.955. The highest BCUT2D eigenvalue weighted by atomic mass is 16.7. The molecule has 0 amide bonds. The minimum Gasteiger partial charge on any atom is -0.467 e. The van der Waals surface area contributed by atoms with Gasteiger partial charge in [-0.1, -0.05) is 0 Å². The highest BCUT2D eigenvalue weighted by Crippen LogP contribution is 2.30. The topological polar surface area (TPSA) is 141 Å². The summed E-state index contributed by atoms with van der Waals surface area (Å²) in [6.07, 6.45) is -9.20. The SMILES string of the molecule is [2H]CC(=O)OC1O[C@H](C(=O)OC)[C@@H](OC(=O)C[2H])[C@H](OC(=O)C[2H])[C@H]1OC(=O)C[2H]. The maximum absolute atomic E-state index is 12.2. The number of rotatable bonds is 5. The average Bonchev–Trinajstić information content (AvgIpc) is 2.75. The fraction of sp³-hybridized carbons (Fsp3) is 0.667. The normalized spacial score (nSPS) is 29.7. The van der Waals surface area contributed by atoms with Gasteiger partial charge in [-0.25, -0.2) is 4.79 Å². The summed E-state index contributed by atoms with van der Waals surface area (Å²) in [4.78, 5) is 58.9. The van der Waals surface area contributed by atoms with Crippen LogP contribution in [0.2, 0.25) is 0 Å². The zero-order valence-electron chi connectivity index (χ0n) is 17.7. The second kappa shape index (κ2) is 9.13. The predicted molar refractivity (Wildman–Crippen MR) is 79.1 cm³/mol. The zero-order valence-corrected chi connectivity index (χ0v) is 13.7. The van der Waals surface area contributed by atoms with Crippen LogP contribution in [-0.2, 0) is 52.4 Å². The highest BCUT2D eigenvalue weighted by Gasteiger charge is 2.56.